The summed E-state index contributed by atoms with van der Waals surface area (Å²) in [7, 11) is 0. The lowest BCUT2D eigenvalue weighted by molar-refractivity contribution is -0.307. The number of aromatic nitrogens is 1. The highest BCUT2D eigenvalue weighted by Gasteiger charge is 2.33. The molecule has 0 fully saturated rings. The van der Waals surface area contributed by atoms with Gasteiger partial charge in [0.1, 0.15) is 0 Å². The highest BCUT2D eigenvalue weighted by atomic mass is 32.2. The van der Waals surface area contributed by atoms with Crippen LogP contribution in [0, 0.1) is 12.8 Å². The molecular formula is C26H42NO4S2-. The fourth-order valence-electron chi connectivity index (χ4n) is 3.79. The van der Waals surface area contributed by atoms with Crippen molar-refractivity contribution in [2.45, 2.75) is 109 Å². The van der Waals surface area contributed by atoms with Crippen molar-refractivity contribution in [1.29, 1.82) is 0 Å². The molecule has 0 amide bonds. The Balaban J connectivity index is 2.39. The Bertz CT molecular complexity index is 800. The number of nitrogens with zero attached hydrogens (tertiary/aromatic N) is 1. The minimum Gasteiger partial charge on any atom is -0.550 e. The minimum atomic E-state index is -1.26. The number of carbonyl (C=O) groups excluding carboxylic acids is 1. The predicted octanol–water partition coefficient (Wildman–Crippen LogP) is 5.15. The maximum absolute atomic E-state index is 10.8. The van der Waals surface area contributed by atoms with Gasteiger partial charge in [0.2, 0.25) is 0 Å². The number of rotatable bonds is 15. The van der Waals surface area contributed by atoms with E-state index in [1.807, 2.05) is 27.7 Å². The van der Waals surface area contributed by atoms with E-state index in [9.17, 15) is 20.1 Å². The molecule has 0 unspecified atom stereocenters. The maximum atomic E-state index is 10.8. The first-order chi connectivity index (χ1) is 15.3. The van der Waals surface area contributed by atoms with Crippen LogP contribution in [0.1, 0.15) is 90.8 Å². The van der Waals surface area contributed by atoms with Crippen LogP contribution < -0.4 is 5.11 Å². The second-order valence-corrected chi connectivity index (χ2v) is 12.8. The van der Waals surface area contributed by atoms with E-state index in [1.165, 1.54) is 22.9 Å². The zero-order chi connectivity index (χ0) is 25.2. The zero-order valence-corrected chi connectivity index (χ0v) is 22.9. The fraction of sp³-hybridized carbons (Fsp3) is 0.692. The molecule has 1 heterocycles. The van der Waals surface area contributed by atoms with Gasteiger partial charge in [0.25, 0.3) is 0 Å². The first-order valence-electron chi connectivity index (χ1n) is 11.8. The molecule has 33 heavy (non-hydrogen) atoms. The third-order valence-electron chi connectivity index (χ3n) is 6.01. The quantitative estimate of drug-likeness (QED) is 0.326. The van der Waals surface area contributed by atoms with Crippen molar-refractivity contribution in [2.75, 3.05) is 0 Å². The Morgan fingerprint density at radius 3 is 2.48 bits per heavy atom. The van der Waals surface area contributed by atoms with Gasteiger partial charge in [0.15, 0.2) is 0 Å². The molecule has 188 valence electrons. The normalized spacial score (nSPS) is 17.0. The maximum Gasteiger partial charge on any atom is 0.0901 e. The number of aryl methyl sites for hydroxylation is 1. The van der Waals surface area contributed by atoms with Crippen LogP contribution in [-0.2, 0) is 4.79 Å². The van der Waals surface area contributed by atoms with Crippen molar-refractivity contribution >= 4 is 35.1 Å². The molecule has 1 aromatic heterocycles. The smallest absolute Gasteiger partial charge is 0.0901 e. The summed E-state index contributed by atoms with van der Waals surface area (Å²) in [5.41, 5.74) is 3.76. The molecule has 4 atom stereocenters. The lowest BCUT2D eigenvalue weighted by Crippen LogP contribution is -2.41. The molecule has 0 saturated heterocycles. The van der Waals surface area contributed by atoms with Crippen molar-refractivity contribution in [2.24, 2.45) is 5.92 Å². The third-order valence-corrected chi connectivity index (χ3v) is 8.33. The number of hydrogen-bond acceptors (Lipinski definition) is 7. The molecule has 5 nitrogen and oxygen atoms in total. The van der Waals surface area contributed by atoms with Crippen LogP contribution in [0.2, 0.25) is 0 Å². The fourth-order valence-corrected chi connectivity index (χ4v) is 5.96. The van der Waals surface area contributed by atoms with E-state index in [0.29, 0.717) is 0 Å². The van der Waals surface area contributed by atoms with E-state index in [0.717, 1.165) is 42.8 Å². The molecule has 0 saturated carbocycles. The summed E-state index contributed by atoms with van der Waals surface area (Å²) in [6.45, 7) is 14.0. The number of thiazole rings is 1. The number of carboxylic acids is 1. The van der Waals surface area contributed by atoms with Crippen LogP contribution in [-0.4, -0.2) is 43.4 Å². The zero-order valence-electron chi connectivity index (χ0n) is 21.3. The minimum absolute atomic E-state index is 0.112. The molecule has 0 aromatic carbocycles. The van der Waals surface area contributed by atoms with Gasteiger partial charge in [0.05, 0.1) is 22.9 Å². The summed E-state index contributed by atoms with van der Waals surface area (Å²) in [5, 5.41) is 34.8. The number of hydrogen-bond donors (Lipinski definition) is 2. The van der Waals surface area contributed by atoms with Gasteiger partial charge in [-0.25, -0.2) is 4.98 Å². The van der Waals surface area contributed by atoms with Gasteiger partial charge in [-0.05, 0) is 78.7 Å². The number of aliphatic hydroxyl groups is 2. The lowest BCUT2D eigenvalue weighted by Gasteiger charge is -2.35. The summed E-state index contributed by atoms with van der Waals surface area (Å²) < 4.78 is -0.676. The molecular weight excluding hydrogens is 454 g/mol. The van der Waals surface area contributed by atoms with Gasteiger partial charge in [0, 0.05) is 27.8 Å². The molecule has 0 bridgehead atoms. The molecule has 0 aliphatic heterocycles. The van der Waals surface area contributed by atoms with E-state index >= 15 is 0 Å². The predicted molar refractivity (Wildman–Crippen MR) is 139 cm³/mol. The van der Waals surface area contributed by atoms with Crippen LogP contribution in [0.3, 0.4) is 0 Å². The van der Waals surface area contributed by atoms with E-state index in [2.05, 4.69) is 43.3 Å². The van der Waals surface area contributed by atoms with Crippen molar-refractivity contribution < 1.29 is 20.1 Å². The highest BCUT2D eigenvalue weighted by Crippen LogP contribution is 2.36. The largest absolute Gasteiger partial charge is 0.550 e. The first kappa shape index (κ1) is 29.9. The van der Waals surface area contributed by atoms with Gasteiger partial charge >= 0.3 is 0 Å². The standard InChI is InChI=1S/C26H43NO4S2/c1-17(10-8-12-18(2)14-22-16-32-21(5)27-22)11-9-13-19(3)25(31)20(4)33-26(6,7)23(28)15-24(29)30/h10,14,16,19-20,23,25,28,31H,8-9,11-13,15H2,1-7H3,(H,29,30)/p-1/b17-10-,18-14+/t19-,20+,23+,25-/m0/s1. The lowest BCUT2D eigenvalue weighted by atomic mass is 9.94. The molecule has 0 aliphatic carbocycles. The SMILES string of the molecule is C/C(=C/CC/C(C)=C/c1csc(C)n1)CCC[C@H](C)[C@H](O)[C@@H](C)SC(C)(C)[C@H](O)CC(=O)[O-]. The average molecular weight is 497 g/mol. The number of aliphatic carboxylic acids is 1. The molecule has 0 spiro atoms. The molecule has 1 rings (SSSR count). The third kappa shape index (κ3) is 11.7. The monoisotopic (exact) mass is 496 g/mol. The van der Waals surface area contributed by atoms with E-state index in [1.54, 1.807) is 11.3 Å². The molecule has 7 heteroatoms. The highest BCUT2D eigenvalue weighted by molar-refractivity contribution is 8.01. The van der Waals surface area contributed by atoms with Crippen molar-refractivity contribution in [3.63, 3.8) is 0 Å². The first-order valence-corrected chi connectivity index (χ1v) is 13.6. The second kappa shape index (κ2) is 14.3. The Kier molecular flexibility index (Phi) is 12.9. The molecule has 2 N–H and O–H groups in total. The van der Waals surface area contributed by atoms with Crippen LogP contribution in [0.25, 0.3) is 6.08 Å². The van der Waals surface area contributed by atoms with Crippen molar-refractivity contribution in [3.05, 3.63) is 33.3 Å². The summed E-state index contributed by atoms with van der Waals surface area (Å²) in [6.07, 6.45) is 7.53. The second-order valence-electron chi connectivity index (χ2n) is 9.75. The Morgan fingerprint density at radius 2 is 1.91 bits per heavy atom. The number of allylic oxidation sites excluding steroid dienone is 3. The van der Waals surface area contributed by atoms with Crippen LogP contribution in [0.15, 0.2) is 22.6 Å². The van der Waals surface area contributed by atoms with Crippen LogP contribution >= 0.6 is 23.1 Å². The summed E-state index contributed by atoms with van der Waals surface area (Å²) in [5.74, 6) is -1.14. The number of carboxylic acid groups (broad SMARTS) is 1. The Labute approximate surface area is 208 Å². The van der Waals surface area contributed by atoms with Gasteiger partial charge in [-0.3, -0.25) is 0 Å². The Morgan fingerprint density at radius 1 is 1.24 bits per heavy atom. The summed E-state index contributed by atoms with van der Waals surface area (Å²) in [4.78, 5) is 15.3. The van der Waals surface area contributed by atoms with E-state index in [-0.39, 0.29) is 11.2 Å². The summed E-state index contributed by atoms with van der Waals surface area (Å²) >= 11 is 3.11. The molecule has 1 aromatic rings. The number of aliphatic hydroxyl groups excluding tert-OH is 2. The Hall–Kier alpha value is -1.15. The van der Waals surface area contributed by atoms with Gasteiger partial charge in [-0.15, -0.1) is 23.1 Å². The molecule has 0 radical (unpaired) electrons. The number of thioether (sulfide) groups is 1. The van der Waals surface area contributed by atoms with E-state index < -0.39 is 29.3 Å². The van der Waals surface area contributed by atoms with Crippen LogP contribution in [0.5, 0.6) is 0 Å². The van der Waals surface area contributed by atoms with Crippen LogP contribution in [0.4, 0.5) is 0 Å². The van der Waals surface area contributed by atoms with Gasteiger partial charge < -0.3 is 20.1 Å². The summed E-state index contributed by atoms with van der Waals surface area (Å²) in [6, 6.07) is 0. The average Bonchev–Trinajstić information content (AvgIpc) is 3.10. The van der Waals surface area contributed by atoms with Crippen molar-refractivity contribution in [3.8, 4) is 0 Å². The topological polar surface area (TPSA) is 93.5 Å². The van der Waals surface area contributed by atoms with Crippen molar-refractivity contribution in [1.82, 2.24) is 4.98 Å². The number of carbonyl (C=O) groups is 1. The van der Waals surface area contributed by atoms with Gasteiger partial charge in [-0.1, -0.05) is 31.1 Å². The van der Waals surface area contributed by atoms with E-state index in [4.69, 9.17) is 0 Å². The van der Waals surface area contributed by atoms with Gasteiger partial charge in [-0.2, -0.15) is 0 Å². The molecule has 0 aliphatic rings.